The molecule has 1 rings (SSSR count). The van der Waals surface area contributed by atoms with Crippen LogP contribution in [-0.2, 0) is 4.79 Å². The Balaban J connectivity index is 2.95. The van der Waals surface area contributed by atoms with Crippen molar-refractivity contribution in [3.05, 3.63) is 34.9 Å². The van der Waals surface area contributed by atoms with E-state index in [1.165, 1.54) is 6.92 Å². The summed E-state index contributed by atoms with van der Waals surface area (Å²) in [7, 11) is 0. The van der Waals surface area contributed by atoms with Crippen LogP contribution in [0.5, 0.6) is 0 Å². The Hall–Kier alpha value is -1.35. The van der Waals surface area contributed by atoms with Crippen molar-refractivity contribution in [2.24, 2.45) is 11.8 Å². The Morgan fingerprint density at radius 3 is 2.25 bits per heavy atom. The second-order valence-electron chi connectivity index (χ2n) is 3.76. The third-order valence-corrected chi connectivity index (χ3v) is 3.02. The molecule has 1 aromatic rings. The predicted octanol–water partition coefficient (Wildman–Crippen LogP) is 2.88. The molecule has 1 aromatic carbocycles. The summed E-state index contributed by atoms with van der Waals surface area (Å²) in [5, 5.41) is 9.19. The van der Waals surface area contributed by atoms with E-state index in [1.54, 1.807) is 31.2 Å². The van der Waals surface area contributed by atoms with E-state index < -0.39 is 17.8 Å². The van der Waals surface area contributed by atoms with Crippen LogP contribution in [0.3, 0.4) is 0 Å². The van der Waals surface area contributed by atoms with Gasteiger partial charge in [0.05, 0.1) is 10.9 Å². The van der Waals surface area contributed by atoms with E-state index >= 15 is 0 Å². The van der Waals surface area contributed by atoms with Gasteiger partial charge in [0.2, 0.25) is 0 Å². The number of Topliss-reactive ketones (excluding diaryl/α,β-unsaturated/α-hetero) is 1. The minimum Gasteiger partial charge on any atom is -0.481 e. The quantitative estimate of drug-likeness (QED) is 0.824. The van der Waals surface area contributed by atoms with E-state index in [1.807, 2.05) is 0 Å². The predicted molar refractivity (Wildman–Crippen MR) is 61.7 cm³/mol. The second-order valence-corrected chi connectivity index (χ2v) is 4.17. The molecule has 0 aromatic heterocycles. The SMILES string of the molecule is CC(C(=O)O)C(C)C(=O)c1ccccc1Cl. The first-order valence-corrected chi connectivity index (χ1v) is 5.34. The van der Waals surface area contributed by atoms with Crippen LogP contribution in [0.25, 0.3) is 0 Å². The summed E-state index contributed by atoms with van der Waals surface area (Å²) >= 11 is 5.88. The van der Waals surface area contributed by atoms with Crippen LogP contribution in [0.2, 0.25) is 5.02 Å². The zero-order chi connectivity index (χ0) is 12.3. The molecule has 0 spiro atoms. The molecular weight excluding hydrogens is 228 g/mol. The number of carbonyl (C=O) groups is 2. The van der Waals surface area contributed by atoms with E-state index in [0.29, 0.717) is 10.6 Å². The maximum atomic E-state index is 12.0. The van der Waals surface area contributed by atoms with Crippen LogP contribution in [0.15, 0.2) is 24.3 Å². The van der Waals surface area contributed by atoms with Gasteiger partial charge in [-0.2, -0.15) is 0 Å². The molecule has 0 aliphatic carbocycles. The monoisotopic (exact) mass is 240 g/mol. The molecule has 0 heterocycles. The lowest BCUT2D eigenvalue weighted by Gasteiger charge is -2.15. The standard InChI is InChI=1S/C12H13ClO3/c1-7(8(2)12(15)16)11(14)9-5-3-4-6-10(9)13/h3-8H,1-2H3,(H,15,16). The van der Waals surface area contributed by atoms with Crippen molar-refractivity contribution < 1.29 is 14.7 Å². The fourth-order valence-electron chi connectivity index (χ4n) is 1.35. The van der Waals surface area contributed by atoms with Crippen LogP contribution in [0.1, 0.15) is 24.2 Å². The zero-order valence-corrected chi connectivity index (χ0v) is 9.86. The summed E-state index contributed by atoms with van der Waals surface area (Å²) in [5.74, 6) is -2.52. The molecule has 0 bridgehead atoms. The van der Waals surface area contributed by atoms with Gasteiger partial charge in [-0.15, -0.1) is 0 Å². The average molecular weight is 241 g/mol. The maximum absolute atomic E-state index is 12.0. The minimum absolute atomic E-state index is 0.236. The third kappa shape index (κ3) is 2.61. The Bertz CT molecular complexity index is 414. The zero-order valence-electron chi connectivity index (χ0n) is 9.11. The first kappa shape index (κ1) is 12.7. The van der Waals surface area contributed by atoms with Crippen molar-refractivity contribution in [2.45, 2.75) is 13.8 Å². The number of rotatable bonds is 4. The number of hydrogen-bond acceptors (Lipinski definition) is 2. The summed E-state index contributed by atoms with van der Waals surface area (Å²) in [4.78, 5) is 22.7. The fraction of sp³-hybridized carbons (Fsp3) is 0.333. The van der Waals surface area contributed by atoms with Gasteiger partial charge in [0.25, 0.3) is 0 Å². The summed E-state index contributed by atoms with van der Waals surface area (Å²) in [6.45, 7) is 3.12. The molecule has 16 heavy (non-hydrogen) atoms. The summed E-state index contributed by atoms with van der Waals surface area (Å²) < 4.78 is 0. The Labute approximate surface area is 99.0 Å². The smallest absolute Gasteiger partial charge is 0.306 e. The summed E-state index contributed by atoms with van der Waals surface area (Å²) in [6.07, 6.45) is 0. The van der Waals surface area contributed by atoms with Gasteiger partial charge in [-0.05, 0) is 12.1 Å². The first-order chi connectivity index (χ1) is 7.45. The van der Waals surface area contributed by atoms with Crippen LogP contribution >= 0.6 is 11.6 Å². The van der Waals surface area contributed by atoms with Crippen LogP contribution in [0.4, 0.5) is 0 Å². The van der Waals surface area contributed by atoms with Crippen molar-refractivity contribution >= 4 is 23.4 Å². The Kier molecular flexibility index (Phi) is 4.07. The minimum atomic E-state index is -0.979. The molecule has 0 fully saturated rings. The fourth-order valence-corrected chi connectivity index (χ4v) is 1.58. The van der Waals surface area contributed by atoms with E-state index in [4.69, 9.17) is 16.7 Å². The topological polar surface area (TPSA) is 54.4 Å². The van der Waals surface area contributed by atoms with E-state index in [2.05, 4.69) is 0 Å². The van der Waals surface area contributed by atoms with Crippen molar-refractivity contribution in [1.82, 2.24) is 0 Å². The molecule has 0 aliphatic heterocycles. The second kappa shape index (κ2) is 5.12. The number of benzene rings is 1. The number of ketones is 1. The van der Waals surface area contributed by atoms with Crippen molar-refractivity contribution in [1.29, 1.82) is 0 Å². The molecule has 0 amide bonds. The van der Waals surface area contributed by atoms with Crippen molar-refractivity contribution in [3.8, 4) is 0 Å². The first-order valence-electron chi connectivity index (χ1n) is 4.96. The highest BCUT2D eigenvalue weighted by atomic mass is 35.5. The number of carbonyl (C=O) groups excluding carboxylic acids is 1. The Morgan fingerprint density at radius 1 is 1.19 bits per heavy atom. The van der Waals surface area contributed by atoms with Gasteiger partial charge in [-0.25, -0.2) is 0 Å². The molecule has 1 N–H and O–H groups in total. The van der Waals surface area contributed by atoms with Crippen LogP contribution in [0, 0.1) is 11.8 Å². The molecular formula is C12H13ClO3. The lowest BCUT2D eigenvalue weighted by molar-refractivity contribution is -0.142. The number of carboxylic acids is 1. The van der Waals surface area contributed by atoms with Gasteiger partial charge in [-0.3, -0.25) is 9.59 Å². The molecule has 86 valence electrons. The van der Waals surface area contributed by atoms with Crippen molar-refractivity contribution in [3.63, 3.8) is 0 Å². The Morgan fingerprint density at radius 2 is 1.75 bits per heavy atom. The van der Waals surface area contributed by atoms with Gasteiger partial charge in [0, 0.05) is 11.5 Å². The lowest BCUT2D eigenvalue weighted by Crippen LogP contribution is -2.25. The highest BCUT2D eigenvalue weighted by Gasteiger charge is 2.27. The van der Waals surface area contributed by atoms with Gasteiger partial charge in [0.1, 0.15) is 0 Å². The van der Waals surface area contributed by atoms with E-state index in [0.717, 1.165) is 0 Å². The van der Waals surface area contributed by atoms with Crippen LogP contribution < -0.4 is 0 Å². The molecule has 0 saturated carbocycles. The highest BCUT2D eigenvalue weighted by molar-refractivity contribution is 6.34. The van der Waals surface area contributed by atoms with Gasteiger partial charge >= 0.3 is 5.97 Å². The third-order valence-electron chi connectivity index (χ3n) is 2.69. The molecule has 3 nitrogen and oxygen atoms in total. The number of hydrogen-bond donors (Lipinski definition) is 1. The maximum Gasteiger partial charge on any atom is 0.306 e. The van der Waals surface area contributed by atoms with E-state index in [-0.39, 0.29) is 5.78 Å². The number of aliphatic carboxylic acids is 1. The normalized spacial score (nSPS) is 14.2. The molecule has 0 aliphatic rings. The van der Waals surface area contributed by atoms with Crippen LogP contribution in [-0.4, -0.2) is 16.9 Å². The van der Waals surface area contributed by atoms with Gasteiger partial charge < -0.3 is 5.11 Å². The van der Waals surface area contributed by atoms with Gasteiger partial charge in [-0.1, -0.05) is 37.6 Å². The molecule has 2 unspecified atom stereocenters. The molecule has 0 saturated heterocycles. The number of halogens is 1. The van der Waals surface area contributed by atoms with E-state index in [9.17, 15) is 9.59 Å². The lowest BCUT2D eigenvalue weighted by atomic mass is 9.88. The number of carboxylic acid groups (broad SMARTS) is 1. The van der Waals surface area contributed by atoms with Crippen molar-refractivity contribution in [2.75, 3.05) is 0 Å². The molecule has 0 radical (unpaired) electrons. The average Bonchev–Trinajstić information content (AvgIpc) is 2.26. The summed E-state index contributed by atoms with van der Waals surface area (Å²) in [5.41, 5.74) is 0.379. The molecule has 4 heteroatoms. The van der Waals surface area contributed by atoms with Gasteiger partial charge in [0.15, 0.2) is 5.78 Å². The molecule has 2 atom stereocenters. The highest BCUT2D eigenvalue weighted by Crippen LogP contribution is 2.22. The largest absolute Gasteiger partial charge is 0.481 e. The summed E-state index contributed by atoms with van der Waals surface area (Å²) in [6, 6.07) is 6.66.